The number of morpholine rings is 1. The Balaban J connectivity index is 2.12. The molecule has 0 aromatic rings. The van der Waals surface area contributed by atoms with E-state index in [1.54, 1.807) is 0 Å². The highest BCUT2D eigenvalue weighted by molar-refractivity contribution is 4.62. The van der Waals surface area contributed by atoms with Gasteiger partial charge in [0.05, 0.1) is 99.1 Å². The zero-order valence-corrected chi connectivity index (χ0v) is 27.0. The quantitative estimate of drug-likeness (QED) is 0.0308. The average molecular weight is 742 g/mol. The number of hydrogen-bond acceptors (Lipinski definition) is 16. The van der Waals surface area contributed by atoms with Gasteiger partial charge in [0.15, 0.2) is 0 Å². The van der Waals surface area contributed by atoms with E-state index in [1.807, 2.05) is 0 Å². The summed E-state index contributed by atoms with van der Waals surface area (Å²) < 4.78 is 128. The van der Waals surface area contributed by atoms with E-state index in [4.69, 9.17) is 33.5 Å². The Bertz CT molecular complexity index is 808. The van der Waals surface area contributed by atoms with Gasteiger partial charge >= 0.3 is 18.5 Å². The van der Waals surface area contributed by atoms with Crippen LogP contribution in [0.5, 0.6) is 0 Å². The molecule has 5 N–H and O–H groups in total. The lowest BCUT2D eigenvalue weighted by atomic mass is 10.4. The van der Waals surface area contributed by atoms with E-state index < -0.39 is 76.0 Å². The van der Waals surface area contributed by atoms with Crippen molar-refractivity contribution in [1.29, 1.82) is 0 Å². The fraction of sp³-hybridized carbons (Fsp3) is 1.00. The Morgan fingerprint density at radius 2 is 0.918 bits per heavy atom. The van der Waals surface area contributed by atoms with Crippen molar-refractivity contribution in [2.45, 2.75) is 42.9 Å². The number of nitrogens with zero attached hydrogens (tertiary/aromatic N) is 1. The third kappa shape index (κ3) is 26.4. The van der Waals surface area contributed by atoms with E-state index in [2.05, 4.69) is 23.8 Å². The summed E-state index contributed by atoms with van der Waals surface area (Å²) in [6.07, 6.45) is -19.8. The second-order valence-electron chi connectivity index (χ2n) is 10.6. The fourth-order valence-corrected chi connectivity index (χ4v) is 3.66. The molecule has 294 valence electrons. The van der Waals surface area contributed by atoms with Gasteiger partial charge in [-0.05, 0) is 0 Å². The van der Waals surface area contributed by atoms with Gasteiger partial charge in [-0.3, -0.25) is 4.90 Å². The van der Waals surface area contributed by atoms with Gasteiger partial charge in [-0.2, -0.15) is 17.6 Å². The summed E-state index contributed by atoms with van der Waals surface area (Å²) in [6, 6.07) is 0. The summed E-state index contributed by atoms with van der Waals surface area (Å²) in [5, 5.41) is 47.4. The molecule has 0 radical (unpaired) electrons. The first kappa shape index (κ1) is 46.0. The molecule has 0 spiro atoms. The van der Waals surface area contributed by atoms with Crippen LogP contribution in [0.3, 0.4) is 0 Å². The highest BCUT2D eigenvalue weighted by Gasteiger charge is 2.52. The number of aliphatic hydroxyl groups is 5. The fourth-order valence-electron chi connectivity index (χ4n) is 3.66. The molecule has 1 heterocycles. The molecular weight excluding hydrogens is 692 g/mol. The average Bonchev–Trinajstić information content (AvgIpc) is 3.00. The smallest absolute Gasteiger partial charge is 0.394 e. The maximum absolute atomic E-state index is 13.7. The minimum Gasteiger partial charge on any atom is -0.394 e. The third-order valence-electron chi connectivity index (χ3n) is 5.82. The summed E-state index contributed by atoms with van der Waals surface area (Å²) in [5.41, 5.74) is 0. The molecule has 16 nitrogen and oxygen atoms in total. The van der Waals surface area contributed by atoms with Crippen LogP contribution in [0.2, 0.25) is 0 Å². The Kier molecular flexibility index (Phi) is 24.2. The van der Waals surface area contributed by atoms with E-state index in [-0.39, 0.29) is 59.5 Å². The first-order chi connectivity index (χ1) is 23.1. The number of ether oxygens (including phenoxy) is 10. The maximum Gasteiger partial charge on any atom is 0.495 e. The van der Waals surface area contributed by atoms with Crippen molar-refractivity contribution in [3.05, 3.63) is 0 Å². The number of hydrogen-bond donors (Lipinski definition) is 5. The summed E-state index contributed by atoms with van der Waals surface area (Å²) in [5.74, 6) is 0. The van der Waals surface area contributed by atoms with E-state index >= 15 is 0 Å². The molecule has 49 heavy (non-hydrogen) atoms. The summed E-state index contributed by atoms with van der Waals surface area (Å²) in [7, 11) is 0. The van der Waals surface area contributed by atoms with E-state index in [1.165, 1.54) is 0 Å². The first-order valence-corrected chi connectivity index (χ1v) is 15.3. The van der Waals surface area contributed by atoms with Gasteiger partial charge in [0, 0.05) is 19.6 Å². The van der Waals surface area contributed by atoms with E-state index in [9.17, 15) is 46.8 Å². The number of alkyl halides is 6. The number of rotatable bonds is 32. The third-order valence-corrected chi connectivity index (χ3v) is 5.82. The zero-order chi connectivity index (χ0) is 36.6. The molecule has 0 saturated carbocycles. The standard InChI is InChI=1S/C27H49F6NO15/c28-25(29,48-27(32,33)49-26(30,31)20-47-18-24(39)17-46-15-22(37)12-42-8-4-35)19-44-10-9-43-13-23(38)16-45-14-21(36)11-41-7-3-34-1-5-40-6-2-34/h21-24,35-39H,1-20H2. The van der Waals surface area contributed by atoms with Crippen molar-refractivity contribution < 1.29 is 99.2 Å². The zero-order valence-electron chi connectivity index (χ0n) is 27.0. The molecule has 0 aromatic heterocycles. The Morgan fingerprint density at radius 1 is 0.531 bits per heavy atom. The Morgan fingerprint density at radius 3 is 1.41 bits per heavy atom. The largest absolute Gasteiger partial charge is 0.495 e. The van der Waals surface area contributed by atoms with E-state index in [0.717, 1.165) is 13.1 Å². The number of halogens is 6. The molecular formula is C27H49F6NO15. The highest BCUT2D eigenvalue weighted by atomic mass is 19.3. The van der Waals surface area contributed by atoms with Crippen LogP contribution in [0.1, 0.15) is 0 Å². The molecule has 1 fully saturated rings. The van der Waals surface area contributed by atoms with Gasteiger partial charge < -0.3 is 63.4 Å². The van der Waals surface area contributed by atoms with Crippen LogP contribution in [0.25, 0.3) is 0 Å². The summed E-state index contributed by atoms with van der Waals surface area (Å²) >= 11 is 0. The molecule has 1 aliphatic rings. The Hall–Kier alpha value is -1.06. The van der Waals surface area contributed by atoms with Gasteiger partial charge in [-0.25, -0.2) is 9.47 Å². The van der Waals surface area contributed by atoms with Crippen LogP contribution >= 0.6 is 0 Å². The SMILES string of the molecule is OCCOCC(O)COCC(O)COCC(F)(F)OC(F)(F)OC(F)(F)COCCOCC(O)COCC(O)COCCN1CCOCC1. The lowest BCUT2D eigenvalue weighted by Gasteiger charge is -2.26. The van der Waals surface area contributed by atoms with Crippen molar-refractivity contribution >= 4 is 0 Å². The molecule has 1 rings (SSSR count). The van der Waals surface area contributed by atoms with Crippen LogP contribution in [0.15, 0.2) is 0 Å². The van der Waals surface area contributed by atoms with Crippen LogP contribution in [-0.4, -0.2) is 205 Å². The molecule has 0 aliphatic carbocycles. The minimum atomic E-state index is -5.49. The molecule has 0 bridgehead atoms. The lowest BCUT2D eigenvalue weighted by molar-refractivity contribution is -0.518. The summed E-state index contributed by atoms with van der Waals surface area (Å²) in [6.45, 7) is -3.36. The van der Waals surface area contributed by atoms with Crippen molar-refractivity contribution in [2.75, 3.05) is 132 Å². The highest BCUT2D eigenvalue weighted by Crippen LogP contribution is 2.33. The second kappa shape index (κ2) is 25.8. The predicted molar refractivity (Wildman–Crippen MR) is 151 cm³/mol. The second-order valence-corrected chi connectivity index (χ2v) is 10.6. The molecule has 0 aromatic carbocycles. The first-order valence-electron chi connectivity index (χ1n) is 15.3. The van der Waals surface area contributed by atoms with Crippen LogP contribution in [0.4, 0.5) is 26.3 Å². The normalized spacial score (nSPS) is 17.7. The number of aliphatic hydroxyl groups excluding tert-OH is 5. The topological polar surface area (TPSA) is 197 Å². The molecule has 4 unspecified atom stereocenters. The Labute approximate surface area is 279 Å². The summed E-state index contributed by atoms with van der Waals surface area (Å²) in [4.78, 5) is 2.16. The molecule has 1 saturated heterocycles. The van der Waals surface area contributed by atoms with E-state index in [0.29, 0.717) is 26.4 Å². The predicted octanol–water partition coefficient (Wildman–Crippen LogP) is -1.36. The van der Waals surface area contributed by atoms with Crippen molar-refractivity contribution in [3.63, 3.8) is 0 Å². The van der Waals surface area contributed by atoms with Crippen molar-refractivity contribution in [1.82, 2.24) is 4.90 Å². The van der Waals surface area contributed by atoms with Crippen molar-refractivity contribution in [2.24, 2.45) is 0 Å². The molecule has 1 aliphatic heterocycles. The minimum absolute atomic E-state index is 0.0259. The van der Waals surface area contributed by atoms with Gasteiger partial charge in [0.1, 0.15) is 37.6 Å². The monoisotopic (exact) mass is 741 g/mol. The molecule has 0 amide bonds. The molecule has 4 atom stereocenters. The van der Waals surface area contributed by atoms with Gasteiger partial charge in [0.25, 0.3) is 0 Å². The van der Waals surface area contributed by atoms with Gasteiger partial charge in [-0.1, -0.05) is 0 Å². The maximum atomic E-state index is 13.7. The van der Waals surface area contributed by atoms with Gasteiger partial charge in [0.2, 0.25) is 0 Å². The van der Waals surface area contributed by atoms with Crippen molar-refractivity contribution in [3.8, 4) is 0 Å². The van der Waals surface area contributed by atoms with Gasteiger partial charge in [-0.15, -0.1) is 8.78 Å². The lowest BCUT2D eigenvalue weighted by Crippen LogP contribution is -2.44. The van der Waals surface area contributed by atoms with Crippen LogP contribution in [0, 0.1) is 0 Å². The van der Waals surface area contributed by atoms with Crippen LogP contribution in [-0.2, 0) is 47.4 Å². The van der Waals surface area contributed by atoms with Crippen LogP contribution < -0.4 is 0 Å². The molecule has 22 heteroatoms.